The van der Waals surface area contributed by atoms with E-state index in [2.05, 4.69) is 20.9 Å². The van der Waals surface area contributed by atoms with Crippen molar-refractivity contribution in [3.63, 3.8) is 0 Å². The quantitative estimate of drug-likeness (QED) is 0.863. The number of nitrogen functional groups attached to an aromatic ring is 1. The molecule has 1 aromatic heterocycles. The third-order valence-corrected chi connectivity index (χ3v) is 2.55. The number of hydrogen-bond donors (Lipinski definition) is 1. The molecule has 0 aliphatic rings. The number of nitriles is 1. The summed E-state index contributed by atoms with van der Waals surface area (Å²) >= 11 is 3.16. The van der Waals surface area contributed by atoms with Crippen molar-refractivity contribution in [1.82, 2.24) is 4.98 Å². The van der Waals surface area contributed by atoms with Crippen LogP contribution in [0.3, 0.4) is 0 Å². The van der Waals surface area contributed by atoms with E-state index in [1.165, 1.54) is 6.20 Å². The predicted octanol–water partition coefficient (Wildman–Crippen LogP) is 2.56. The lowest BCUT2D eigenvalue weighted by Gasteiger charge is -2.11. The predicted molar refractivity (Wildman–Crippen MR) is 55.6 cm³/mol. The minimum absolute atomic E-state index is 0.129. The van der Waals surface area contributed by atoms with E-state index in [-0.39, 0.29) is 17.7 Å². The van der Waals surface area contributed by atoms with E-state index >= 15 is 0 Å². The van der Waals surface area contributed by atoms with Crippen molar-refractivity contribution in [3.8, 4) is 6.07 Å². The number of anilines is 1. The first-order valence-electron chi connectivity index (χ1n) is 4.09. The third kappa shape index (κ3) is 2.42. The third-order valence-electron chi connectivity index (χ3n) is 1.95. The minimum atomic E-state index is -2.71. The monoisotopic (exact) mass is 275 g/mol. The van der Waals surface area contributed by atoms with Gasteiger partial charge >= 0.3 is 0 Å². The average Bonchev–Trinajstić information content (AvgIpc) is 2.20. The Hall–Kier alpha value is -1.22. The molecule has 15 heavy (non-hydrogen) atoms. The number of hydrogen-bond acceptors (Lipinski definition) is 3. The molecule has 1 aromatic rings. The molecule has 0 aromatic carbocycles. The van der Waals surface area contributed by atoms with Crippen LogP contribution in [0.5, 0.6) is 0 Å². The standard InChI is InChI=1S/C9H8BrF2N3/c10-3-5-4-15-8(9(11)12)6(1-2-13)7(5)14/h4,9H,1,3H2,(H2,14,15). The van der Waals surface area contributed by atoms with E-state index in [1.807, 2.05) is 0 Å². The van der Waals surface area contributed by atoms with E-state index in [9.17, 15) is 8.78 Å². The highest BCUT2D eigenvalue weighted by molar-refractivity contribution is 9.08. The number of halogens is 3. The molecule has 0 saturated heterocycles. The molecule has 0 bridgehead atoms. The highest BCUT2D eigenvalue weighted by atomic mass is 79.9. The van der Waals surface area contributed by atoms with Crippen LogP contribution in [0.4, 0.5) is 14.5 Å². The van der Waals surface area contributed by atoms with E-state index in [1.54, 1.807) is 6.07 Å². The van der Waals surface area contributed by atoms with Gasteiger partial charge in [0.15, 0.2) is 0 Å². The number of aromatic nitrogens is 1. The van der Waals surface area contributed by atoms with Crippen LogP contribution in [0, 0.1) is 11.3 Å². The molecular weight excluding hydrogens is 268 g/mol. The molecule has 0 aliphatic heterocycles. The van der Waals surface area contributed by atoms with Gasteiger partial charge in [0.25, 0.3) is 6.43 Å². The molecule has 0 unspecified atom stereocenters. The Morgan fingerprint density at radius 3 is 2.73 bits per heavy atom. The number of nitrogens with two attached hydrogens (primary N) is 1. The van der Waals surface area contributed by atoms with Crippen molar-refractivity contribution >= 4 is 21.6 Å². The van der Waals surface area contributed by atoms with Gasteiger partial charge in [-0.1, -0.05) is 15.9 Å². The maximum absolute atomic E-state index is 12.5. The molecule has 80 valence electrons. The average molecular weight is 276 g/mol. The SMILES string of the molecule is N#CCc1c(C(F)F)ncc(CBr)c1N. The van der Waals surface area contributed by atoms with Crippen molar-refractivity contribution in [1.29, 1.82) is 5.26 Å². The van der Waals surface area contributed by atoms with E-state index in [0.717, 1.165) is 0 Å². The molecule has 1 rings (SSSR count). The van der Waals surface area contributed by atoms with Crippen molar-refractivity contribution in [2.24, 2.45) is 0 Å². The lowest BCUT2D eigenvalue weighted by molar-refractivity contribution is 0.145. The second-order valence-corrected chi connectivity index (χ2v) is 3.39. The maximum Gasteiger partial charge on any atom is 0.280 e. The fourth-order valence-corrected chi connectivity index (χ4v) is 1.63. The molecule has 0 aliphatic carbocycles. The van der Waals surface area contributed by atoms with Crippen LogP contribution >= 0.6 is 15.9 Å². The Balaban J connectivity index is 3.32. The Morgan fingerprint density at radius 1 is 1.60 bits per heavy atom. The zero-order chi connectivity index (χ0) is 11.4. The van der Waals surface area contributed by atoms with Crippen molar-refractivity contribution < 1.29 is 8.78 Å². The molecule has 0 atom stereocenters. The van der Waals surface area contributed by atoms with Gasteiger partial charge in [-0.3, -0.25) is 4.98 Å². The van der Waals surface area contributed by atoms with Crippen LogP contribution in [0.15, 0.2) is 6.20 Å². The van der Waals surface area contributed by atoms with Crippen LogP contribution in [-0.4, -0.2) is 4.98 Å². The highest BCUT2D eigenvalue weighted by Gasteiger charge is 2.18. The zero-order valence-corrected chi connectivity index (χ0v) is 9.26. The van der Waals surface area contributed by atoms with Crippen molar-refractivity contribution in [2.45, 2.75) is 18.2 Å². The van der Waals surface area contributed by atoms with Gasteiger partial charge in [-0.15, -0.1) is 0 Å². The van der Waals surface area contributed by atoms with Gasteiger partial charge in [-0.05, 0) is 0 Å². The van der Waals surface area contributed by atoms with Crippen LogP contribution in [-0.2, 0) is 11.8 Å². The molecule has 0 amide bonds. The second kappa shape index (κ2) is 5.03. The molecule has 0 fully saturated rings. The molecular formula is C9H8BrF2N3. The summed E-state index contributed by atoms with van der Waals surface area (Å²) in [5.74, 6) is 0. The molecule has 2 N–H and O–H groups in total. The summed E-state index contributed by atoms with van der Waals surface area (Å²) in [4.78, 5) is 3.62. The zero-order valence-electron chi connectivity index (χ0n) is 7.67. The summed E-state index contributed by atoms with van der Waals surface area (Å²) < 4.78 is 25.1. The summed E-state index contributed by atoms with van der Waals surface area (Å²) in [6.45, 7) is 0. The molecule has 0 radical (unpaired) electrons. The van der Waals surface area contributed by atoms with E-state index in [0.29, 0.717) is 10.9 Å². The summed E-state index contributed by atoms with van der Waals surface area (Å²) in [7, 11) is 0. The Bertz CT molecular complexity index is 401. The lowest BCUT2D eigenvalue weighted by atomic mass is 10.1. The second-order valence-electron chi connectivity index (χ2n) is 2.83. The van der Waals surface area contributed by atoms with Gasteiger partial charge < -0.3 is 5.73 Å². The van der Waals surface area contributed by atoms with E-state index in [4.69, 9.17) is 11.0 Å². The summed E-state index contributed by atoms with van der Waals surface area (Å²) in [5.41, 5.74) is 6.23. The molecule has 1 heterocycles. The van der Waals surface area contributed by atoms with Gasteiger partial charge in [0.1, 0.15) is 5.69 Å². The number of rotatable bonds is 3. The normalized spacial score (nSPS) is 10.3. The largest absolute Gasteiger partial charge is 0.398 e. The lowest BCUT2D eigenvalue weighted by Crippen LogP contribution is -2.06. The van der Waals surface area contributed by atoms with Crippen LogP contribution in [0.2, 0.25) is 0 Å². The Morgan fingerprint density at radius 2 is 2.27 bits per heavy atom. The molecule has 3 nitrogen and oxygen atoms in total. The first kappa shape index (κ1) is 11.9. The smallest absolute Gasteiger partial charge is 0.280 e. The number of alkyl halides is 3. The highest BCUT2D eigenvalue weighted by Crippen LogP contribution is 2.28. The fourth-order valence-electron chi connectivity index (χ4n) is 1.19. The van der Waals surface area contributed by atoms with Gasteiger partial charge in [-0.2, -0.15) is 5.26 Å². The topological polar surface area (TPSA) is 62.7 Å². The number of nitrogens with zero attached hydrogens (tertiary/aromatic N) is 2. The van der Waals surface area contributed by atoms with Gasteiger partial charge in [0.2, 0.25) is 0 Å². The van der Waals surface area contributed by atoms with Gasteiger partial charge in [0, 0.05) is 28.3 Å². The number of pyridine rings is 1. The molecule has 6 heteroatoms. The van der Waals surface area contributed by atoms with Gasteiger partial charge in [-0.25, -0.2) is 8.78 Å². The molecule has 0 spiro atoms. The summed E-state index contributed by atoms with van der Waals surface area (Å²) in [6.07, 6.45) is -1.56. The summed E-state index contributed by atoms with van der Waals surface area (Å²) in [6, 6.07) is 1.80. The Labute approximate surface area is 94.0 Å². The Kier molecular flexibility index (Phi) is 3.97. The first-order chi connectivity index (χ1) is 7.11. The summed E-state index contributed by atoms with van der Waals surface area (Å²) in [5, 5.41) is 8.95. The maximum atomic E-state index is 12.5. The van der Waals surface area contributed by atoms with Crippen LogP contribution in [0.25, 0.3) is 0 Å². The van der Waals surface area contributed by atoms with E-state index < -0.39 is 12.1 Å². The van der Waals surface area contributed by atoms with Crippen LogP contribution < -0.4 is 5.73 Å². The van der Waals surface area contributed by atoms with Crippen molar-refractivity contribution in [2.75, 3.05) is 5.73 Å². The first-order valence-corrected chi connectivity index (χ1v) is 5.21. The fraction of sp³-hybridized carbons (Fsp3) is 0.333. The molecule has 0 saturated carbocycles. The van der Waals surface area contributed by atoms with Crippen LogP contribution in [0.1, 0.15) is 23.2 Å². The van der Waals surface area contributed by atoms with Gasteiger partial charge in [0.05, 0.1) is 12.5 Å². The minimum Gasteiger partial charge on any atom is -0.398 e. The van der Waals surface area contributed by atoms with Crippen molar-refractivity contribution in [3.05, 3.63) is 23.0 Å².